The number of rotatable bonds is 6. The largest absolute Gasteiger partial charge is 0.493 e. The topological polar surface area (TPSA) is 71.9 Å². The summed E-state index contributed by atoms with van der Waals surface area (Å²) in [5.41, 5.74) is 0.786. The quantitative estimate of drug-likeness (QED) is 0.864. The molecule has 116 valence electrons. The fraction of sp³-hybridized carbons (Fsp3) is 0.600. The summed E-state index contributed by atoms with van der Waals surface area (Å²) in [4.78, 5) is 17.6. The summed E-state index contributed by atoms with van der Waals surface area (Å²) in [5.74, 6) is 0.520. The van der Waals surface area contributed by atoms with E-state index in [-0.39, 0.29) is 12.5 Å². The highest BCUT2D eigenvalue weighted by Gasteiger charge is 2.26. The third kappa shape index (κ3) is 3.85. The first-order valence-electron chi connectivity index (χ1n) is 7.17. The van der Waals surface area contributed by atoms with E-state index < -0.39 is 5.97 Å². The van der Waals surface area contributed by atoms with Crippen molar-refractivity contribution in [3.05, 3.63) is 18.0 Å². The van der Waals surface area contributed by atoms with E-state index in [4.69, 9.17) is 14.6 Å². The molecule has 1 saturated heterocycles. The van der Waals surface area contributed by atoms with Gasteiger partial charge in [-0.2, -0.15) is 0 Å². The smallest absolute Gasteiger partial charge is 0.304 e. The zero-order valence-corrected chi connectivity index (χ0v) is 12.5. The molecule has 1 aromatic heterocycles. The minimum Gasteiger partial charge on any atom is -0.493 e. The zero-order chi connectivity index (χ0) is 15.2. The van der Waals surface area contributed by atoms with Gasteiger partial charge < -0.3 is 14.6 Å². The molecule has 0 amide bonds. The Hall–Kier alpha value is -1.82. The molecule has 21 heavy (non-hydrogen) atoms. The average molecular weight is 294 g/mol. The molecule has 0 spiro atoms. The van der Waals surface area contributed by atoms with Crippen molar-refractivity contribution < 1.29 is 19.4 Å². The predicted molar refractivity (Wildman–Crippen MR) is 77.6 cm³/mol. The monoisotopic (exact) mass is 294 g/mol. The van der Waals surface area contributed by atoms with E-state index >= 15 is 0 Å². The van der Waals surface area contributed by atoms with Crippen LogP contribution in [-0.4, -0.2) is 47.8 Å². The third-order valence-corrected chi connectivity index (χ3v) is 3.88. The van der Waals surface area contributed by atoms with Crippen LogP contribution in [0.25, 0.3) is 0 Å². The van der Waals surface area contributed by atoms with E-state index in [9.17, 15) is 4.79 Å². The fourth-order valence-electron chi connectivity index (χ4n) is 2.86. The van der Waals surface area contributed by atoms with Crippen LogP contribution >= 0.6 is 0 Å². The average Bonchev–Trinajstić information content (AvgIpc) is 2.48. The van der Waals surface area contributed by atoms with Crippen molar-refractivity contribution in [3.8, 4) is 11.5 Å². The molecule has 1 unspecified atom stereocenters. The molecule has 0 saturated carbocycles. The predicted octanol–water partition coefficient (Wildman–Crippen LogP) is 1.93. The lowest BCUT2D eigenvalue weighted by Gasteiger charge is -2.34. The Balaban J connectivity index is 2.17. The van der Waals surface area contributed by atoms with Crippen LogP contribution in [0.1, 0.15) is 31.4 Å². The van der Waals surface area contributed by atoms with E-state index in [1.807, 2.05) is 0 Å². The van der Waals surface area contributed by atoms with E-state index in [1.54, 1.807) is 26.5 Å². The Morgan fingerprint density at radius 3 is 2.90 bits per heavy atom. The van der Waals surface area contributed by atoms with E-state index in [0.29, 0.717) is 18.0 Å². The Labute approximate surface area is 124 Å². The molecule has 1 aliphatic rings. The van der Waals surface area contributed by atoms with Crippen molar-refractivity contribution in [3.63, 3.8) is 0 Å². The van der Waals surface area contributed by atoms with Gasteiger partial charge >= 0.3 is 5.97 Å². The molecule has 0 radical (unpaired) electrons. The number of aliphatic carboxylic acids is 1. The van der Waals surface area contributed by atoms with Gasteiger partial charge in [-0.05, 0) is 19.4 Å². The summed E-state index contributed by atoms with van der Waals surface area (Å²) in [6, 6.07) is 1.82. The second-order valence-electron chi connectivity index (χ2n) is 5.21. The number of pyridine rings is 1. The van der Waals surface area contributed by atoms with Gasteiger partial charge in [0.1, 0.15) is 5.69 Å². The number of likely N-dealkylation sites (tertiary alicyclic amines) is 1. The molecule has 0 bridgehead atoms. The number of hydrogen-bond acceptors (Lipinski definition) is 5. The van der Waals surface area contributed by atoms with Crippen LogP contribution in [0.2, 0.25) is 0 Å². The number of ether oxygens (including phenoxy) is 2. The Morgan fingerprint density at radius 1 is 1.43 bits per heavy atom. The summed E-state index contributed by atoms with van der Waals surface area (Å²) < 4.78 is 10.7. The summed E-state index contributed by atoms with van der Waals surface area (Å²) in [6.07, 6.45) is 4.94. The number of aromatic nitrogens is 1. The molecule has 1 N–H and O–H groups in total. The highest BCUT2D eigenvalue weighted by Crippen LogP contribution is 2.31. The Morgan fingerprint density at radius 2 is 2.24 bits per heavy atom. The van der Waals surface area contributed by atoms with Gasteiger partial charge in [-0.1, -0.05) is 6.42 Å². The fourth-order valence-corrected chi connectivity index (χ4v) is 2.86. The molecule has 6 heteroatoms. The van der Waals surface area contributed by atoms with Crippen LogP contribution in [-0.2, 0) is 11.3 Å². The number of carboxylic acid groups (broad SMARTS) is 1. The molecule has 0 aliphatic carbocycles. The van der Waals surface area contributed by atoms with Crippen molar-refractivity contribution in [2.24, 2.45) is 0 Å². The highest BCUT2D eigenvalue weighted by molar-refractivity contribution is 5.67. The Bertz CT molecular complexity index is 493. The molecule has 1 aliphatic heterocycles. The lowest BCUT2D eigenvalue weighted by atomic mass is 9.99. The first-order valence-corrected chi connectivity index (χ1v) is 7.17. The summed E-state index contributed by atoms with van der Waals surface area (Å²) in [7, 11) is 3.18. The van der Waals surface area contributed by atoms with E-state index in [1.165, 1.54) is 0 Å². The van der Waals surface area contributed by atoms with Crippen molar-refractivity contribution in [2.75, 3.05) is 20.8 Å². The maximum Gasteiger partial charge on any atom is 0.304 e. The minimum atomic E-state index is -0.752. The third-order valence-electron chi connectivity index (χ3n) is 3.88. The van der Waals surface area contributed by atoms with Crippen molar-refractivity contribution in [2.45, 2.75) is 38.3 Å². The van der Waals surface area contributed by atoms with Gasteiger partial charge in [0.05, 0.1) is 20.6 Å². The second-order valence-corrected chi connectivity index (χ2v) is 5.21. The van der Waals surface area contributed by atoms with E-state index in [2.05, 4.69) is 9.88 Å². The van der Waals surface area contributed by atoms with Crippen molar-refractivity contribution >= 4 is 5.97 Å². The van der Waals surface area contributed by atoms with Crippen molar-refractivity contribution in [1.29, 1.82) is 0 Å². The van der Waals surface area contributed by atoms with Gasteiger partial charge in [0.25, 0.3) is 0 Å². The first-order chi connectivity index (χ1) is 10.2. The standard InChI is InChI=1S/C15H22N2O4/c1-20-13-6-7-16-12(15(13)21-2)10-17-8-4-3-5-11(17)9-14(18)19/h6-7,11H,3-5,8-10H2,1-2H3,(H,18,19). The molecule has 2 rings (SSSR count). The molecule has 1 atom stereocenters. The van der Waals surface area contributed by atoms with Crippen LogP contribution in [0.3, 0.4) is 0 Å². The normalized spacial score (nSPS) is 19.2. The van der Waals surface area contributed by atoms with E-state index in [0.717, 1.165) is 31.5 Å². The van der Waals surface area contributed by atoms with Gasteiger partial charge in [0.15, 0.2) is 11.5 Å². The highest BCUT2D eigenvalue weighted by atomic mass is 16.5. The number of methoxy groups -OCH3 is 2. The van der Waals surface area contributed by atoms with Crippen LogP contribution in [0.5, 0.6) is 11.5 Å². The SMILES string of the molecule is COc1ccnc(CN2CCCCC2CC(=O)O)c1OC. The van der Waals surface area contributed by atoms with Crippen LogP contribution in [0.15, 0.2) is 12.3 Å². The van der Waals surface area contributed by atoms with Crippen molar-refractivity contribution in [1.82, 2.24) is 9.88 Å². The van der Waals surface area contributed by atoms with Gasteiger partial charge in [0.2, 0.25) is 0 Å². The molecule has 1 aromatic rings. The molecular formula is C15H22N2O4. The maximum absolute atomic E-state index is 11.0. The second kappa shape index (κ2) is 7.26. The number of hydrogen-bond donors (Lipinski definition) is 1. The van der Waals surface area contributed by atoms with Crippen LogP contribution in [0, 0.1) is 0 Å². The lowest BCUT2D eigenvalue weighted by molar-refractivity contribution is -0.138. The zero-order valence-electron chi connectivity index (χ0n) is 12.5. The lowest BCUT2D eigenvalue weighted by Crippen LogP contribution is -2.40. The molecule has 1 fully saturated rings. The number of nitrogens with zero attached hydrogens (tertiary/aromatic N) is 2. The van der Waals surface area contributed by atoms with Gasteiger partial charge in [-0.25, -0.2) is 0 Å². The molecule has 0 aromatic carbocycles. The summed E-state index contributed by atoms with van der Waals surface area (Å²) in [5, 5.41) is 9.05. The molecule has 2 heterocycles. The van der Waals surface area contributed by atoms with Crippen LogP contribution < -0.4 is 9.47 Å². The number of carboxylic acids is 1. The number of piperidine rings is 1. The minimum absolute atomic E-state index is 0.0638. The van der Waals surface area contributed by atoms with Crippen LogP contribution in [0.4, 0.5) is 0 Å². The molecule has 6 nitrogen and oxygen atoms in total. The molecular weight excluding hydrogens is 272 g/mol. The Kier molecular flexibility index (Phi) is 5.38. The summed E-state index contributed by atoms with van der Waals surface area (Å²) >= 11 is 0. The maximum atomic E-state index is 11.0. The first kappa shape index (κ1) is 15.6. The number of carbonyl (C=O) groups is 1. The van der Waals surface area contributed by atoms with Gasteiger partial charge in [-0.3, -0.25) is 14.7 Å². The summed E-state index contributed by atoms with van der Waals surface area (Å²) in [6.45, 7) is 1.47. The van der Waals surface area contributed by atoms with Gasteiger partial charge in [0, 0.05) is 24.8 Å². The van der Waals surface area contributed by atoms with Gasteiger partial charge in [-0.15, -0.1) is 0 Å².